The average molecular weight is 279 g/mol. The van der Waals surface area contributed by atoms with Gasteiger partial charge in [0.25, 0.3) is 0 Å². The summed E-state index contributed by atoms with van der Waals surface area (Å²) in [6, 6.07) is -0.0638. The van der Waals surface area contributed by atoms with Gasteiger partial charge in [0.15, 0.2) is 0 Å². The number of primary amides is 1. The van der Waals surface area contributed by atoms with Crippen molar-refractivity contribution < 1.29 is 9.59 Å². The number of hydrogen-bond acceptors (Lipinski definition) is 3. The number of carbonyl (C=O) groups excluding carboxylic acids is 2. The van der Waals surface area contributed by atoms with E-state index in [2.05, 4.69) is 10.3 Å². The van der Waals surface area contributed by atoms with E-state index < -0.39 is 0 Å². The van der Waals surface area contributed by atoms with E-state index in [0.29, 0.717) is 32.5 Å². The maximum atomic E-state index is 12.1. The van der Waals surface area contributed by atoms with E-state index in [1.54, 1.807) is 17.4 Å². The topological polar surface area (TPSA) is 93.2 Å². The summed E-state index contributed by atoms with van der Waals surface area (Å²) in [6.45, 7) is 3.80. The third-order valence-electron chi connectivity index (χ3n) is 3.60. The molecule has 1 aromatic rings. The average Bonchev–Trinajstić information content (AvgIpc) is 2.91. The van der Waals surface area contributed by atoms with E-state index in [9.17, 15) is 9.59 Å². The van der Waals surface area contributed by atoms with Crippen molar-refractivity contribution in [1.82, 2.24) is 19.8 Å². The van der Waals surface area contributed by atoms with Crippen molar-refractivity contribution in [3.63, 3.8) is 0 Å². The van der Waals surface area contributed by atoms with Crippen LogP contribution in [0.15, 0.2) is 18.7 Å². The molecule has 110 valence electrons. The van der Waals surface area contributed by atoms with Crippen LogP contribution in [-0.2, 0) is 11.3 Å². The Bertz CT molecular complexity index is 451. The maximum Gasteiger partial charge on any atom is 0.317 e. The molecule has 20 heavy (non-hydrogen) atoms. The summed E-state index contributed by atoms with van der Waals surface area (Å²) in [5.41, 5.74) is 5.28. The van der Waals surface area contributed by atoms with Crippen molar-refractivity contribution >= 4 is 11.9 Å². The van der Waals surface area contributed by atoms with Crippen molar-refractivity contribution in [3.8, 4) is 0 Å². The fraction of sp³-hybridized carbons (Fsp3) is 0.615. The molecule has 0 unspecified atom stereocenters. The fourth-order valence-corrected chi connectivity index (χ4v) is 2.43. The molecule has 1 aliphatic heterocycles. The lowest BCUT2D eigenvalue weighted by Gasteiger charge is -2.31. The van der Waals surface area contributed by atoms with Gasteiger partial charge in [0, 0.05) is 44.0 Å². The molecule has 0 radical (unpaired) electrons. The summed E-state index contributed by atoms with van der Waals surface area (Å²) in [7, 11) is 0. The maximum absolute atomic E-state index is 12.1. The number of aromatic nitrogens is 2. The van der Waals surface area contributed by atoms with Crippen molar-refractivity contribution in [3.05, 3.63) is 18.7 Å². The minimum atomic E-state index is -0.265. The molecule has 1 saturated heterocycles. The summed E-state index contributed by atoms with van der Waals surface area (Å²) in [5.74, 6) is -0.360. The molecule has 0 aliphatic carbocycles. The zero-order chi connectivity index (χ0) is 14.5. The molecule has 7 nitrogen and oxygen atoms in total. The number of nitrogens with zero attached hydrogens (tertiary/aromatic N) is 3. The van der Waals surface area contributed by atoms with E-state index in [1.807, 2.05) is 17.7 Å². The smallest absolute Gasteiger partial charge is 0.317 e. The second kappa shape index (κ2) is 6.40. The summed E-state index contributed by atoms with van der Waals surface area (Å²) < 4.78 is 1.92. The van der Waals surface area contributed by atoms with Gasteiger partial charge in [-0.2, -0.15) is 0 Å². The molecule has 3 N–H and O–H groups in total. The van der Waals surface area contributed by atoms with Crippen molar-refractivity contribution in [2.75, 3.05) is 13.1 Å². The molecule has 1 aromatic heterocycles. The number of amides is 3. The van der Waals surface area contributed by atoms with Crippen molar-refractivity contribution in [2.45, 2.75) is 32.4 Å². The molecule has 0 saturated carbocycles. The molecule has 1 atom stereocenters. The Balaban J connectivity index is 1.76. The van der Waals surface area contributed by atoms with Crippen LogP contribution in [0, 0.1) is 5.92 Å². The summed E-state index contributed by atoms with van der Waals surface area (Å²) in [5, 5.41) is 2.95. The van der Waals surface area contributed by atoms with Gasteiger partial charge < -0.3 is 20.5 Å². The number of rotatable bonds is 4. The van der Waals surface area contributed by atoms with Gasteiger partial charge >= 0.3 is 6.03 Å². The van der Waals surface area contributed by atoms with E-state index in [0.717, 1.165) is 0 Å². The van der Waals surface area contributed by atoms with Crippen LogP contribution in [0.2, 0.25) is 0 Å². The first-order chi connectivity index (χ1) is 9.56. The highest BCUT2D eigenvalue weighted by atomic mass is 16.2. The van der Waals surface area contributed by atoms with Gasteiger partial charge in [-0.05, 0) is 19.8 Å². The Hall–Kier alpha value is -2.05. The number of nitrogens with two attached hydrogens (primary N) is 1. The number of imidazole rings is 1. The zero-order valence-corrected chi connectivity index (χ0v) is 11.7. The number of carbonyl (C=O) groups is 2. The molecule has 1 aliphatic rings. The van der Waals surface area contributed by atoms with Crippen LogP contribution in [0.3, 0.4) is 0 Å². The van der Waals surface area contributed by atoms with Gasteiger partial charge in [-0.1, -0.05) is 0 Å². The number of nitrogens with one attached hydrogen (secondary N) is 1. The van der Waals surface area contributed by atoms with Gasteiger partial charge in [-0.15, -0.1) is 0 Å². The number of hydrogen-bond donors (Lipinski definition) is 2. The third kappa shape index (κ3) is 3.72. The van der Waals surface area contributed by atoms with Gasteiger partial charge in [-0.25, -0.2) is 9.78 Å². The van der Waals surface area contributed by atoms with Crippen molar-refractivity contribution in [2.24, 2.45) is 11.7 Å². The van der Waals surface area contributed by atoms with E-state index in [-0.39, 0.29) is 23.9 Å². The van der Waals surface area contributed by atoms with Crippen LogP contribution in [-0.4, -0.2) is 45.5 Å². The first kappa shape index (κ1) is 14.4. The Morgan fingerprint density at radius 2 is 2.15 bits per heavy atom. The minimum Gasteiger partial charge on any atom is -0.369 e. The summed E-state index contributed by atoms with van der Waals surface area (Å²) in [4.78, 5) is 28.9. The van der Waals surface area contributed by atoms with Gasteiger partial charge in [0.2, 0.25) is 5.91 Å². The monoisotopic (exact) mass is 279 g/mol. The lowest BCUT2D eigenvalue weighted by molar-refractivity contribution is -0.123. The first-order valence-electron chi connectivity index (χ1n) is 6.86. The van der Waals surface area contributed by atoms with Crippen LogP contribution in [0.25, 0.3) is 0 Å². The molecule has 0 spiro atoms. The second-order valence-corrected chi connectivity index (χ2v) is 5.27. The Morgan fingerprint density at radius 1 is 1.45 bits per heavy atom. The normalized spacial score (nSPS) is 17.8. The lowest BCUT2D eigenvalue weighted by atomic mass is 9.96. The molecular formula is C13H21N5O2. The molecule has 0 bridgehead atoms. The SMILES string of the molecule is C[C@H](Cn1ccnc1)NC(=O)N1CCC(C(N)=O)CC1. The van der Waals surface area contributed by atoms with Crippen LogP contribution in [0.5, 0.6) is 0 Å². The first-order valence-corrected chi connectivity index (χ1v) is 6.86. The molecule has 2 rings (SSSR count). The van der Waals surface area contributed by atoms with Crippen LogP contribution < -0.4 is 11.1 Å². The second-order valence-electron chi connectivity index (χ2n) is 5.27. The fourth-order valence-electron chi connectivity index (χ4n) is 2.43. The summed E-state index contributed by atoms with van der Waals surface area (Å²) >= 11 is 0. The zero-order valence-electron chi connectivity index (χ0n) is 11.7. The van der Waals surface area contributed by atoms with Crippen LogP contribution in [0.1, 0.15) is 19.8 Å². The molecule has 2 heterocycles. The molecule has 7 heteroatoms. The summed E-state index contributed by atoms with van der Waals surface area (Å²) in [6.07, 6.45) is 6.60. The standard InChI is InChI=1S/C13H21N5O2/c1-10(8-17-7-4-15-9-17)16-13(20)18-5-2-11(3-6-18)12(14)19/h4,7,9-11H,2-3,5-6,8H2,1H3,(H2,14,19)(H,16,20)/t10-/m1/s1. The predicted octanol–water partition coefficient (Wildman–Crippen LogP) is 0.179. The Morgan fingerprint density at radius 3 is 2.70 bits per heavy atom. The molecule has 1 fully saturated rings. The largest absolute Gasteiger partial charge is 0.369 e. The highest BCUT2D eigenvalue weighted by Crippen LogP contribution is 2.16. The van der Waals surface area contributed by atoms with Crippen LogP contribution in [0.4, 0.5) is 4.79 Å². The third-order valence-corrected chi connectivity index (χ3v) is 3.60. The van der Waals surface area contributed by atoms with Crippen LogP contribution >= 0.6 is 0 Å². The number of urea groups is 1. The Labute approximate surface area is 118 Å². The van der Waals surface area contributed by atoms with Crippen molar-refractivity contribution in [1.29, 1.82) is 0 Å². The number of piperidine rings is 1. The lowest BCUT2D eigenvalue weighted by Crippen LogP contribution is -2.49. The molecule has 3 amide bonds. The number of likely N-dealkylation sites (tertiary alicyclic amines) is 1. The van der Waals surface area contributed by atoms with Gasteiger partial charge in [0.1, 0.15) is 0 Å². The highest BCUT2D eigenvalue weighted by molar-refractivity contribution is 5.78. The van der Waals surface area contributed by atoms with Gasteiger partial charge in [0.05, 0.1) is 6.33 Å². The van der Waals surface area contributed by atoms with Gasteiger partial charge in [-0.3, -0.25) is 4.79 Å². The van der Waals surface area contributed by atoms with E-state index >= 15 is 0 Å². The van der Waals surface area contributed by atoms with E-state index in [4.69, 9.17) is 5.73 Å². The quantitative estimate of drug-likeness (QED) is 0.823. The molecular weight excluding hydrogens is 258 g/mol. The minimum absolute atomic E-state index is 0.0190. The van der Waals surface area contributed by atoms with E-state index in [1.165, 1.54) is 0 Å². The Kier molecular flexibility index (Phi) is 4.60. The predicted molar refractivity (Wildman–Crippen MR) is 73.7 cm³/mol. The highest BCUT2D eigenvalue weighted by Gasteiger charge is 2.26. The molecule has 0 aromatic carbocycles.